The molecule has 2 aliphatic carbocycles. The third-order valence-corrected chi connectivity index (χ3v) is 5.70. The van der Waals surface area contributed by atoms with Crippen molar-refractivity contribution in [2.24, 2.45) is 16.7 Å². The van der Waals surface area contributed by atoms with Gasteiger partial charge in [0.15, 0.2) is 6.29 Å². The summed E-state index contributed by atoms with van der Waals surface area (Å²) < 4.78 is 11.2. The lowest BCUT2D eigenvalue weighted by atomic mass is 9.68. The van der Waals surface area contributed by atoms with Crippen molar-refractivity contribution in [2.45, 2.75) is 72.6 Å². The lowest BCUT2D eigenvalue weighted by Gasteiger charge is -2.43. The molecule has 3 nitrogen and oxygen atoms in total. The van der Waals surface area contributed by atoms with E-state index in [1.54, 1.807) is 0 Å². The number of ether oxygens (including phenoxy) is 2. The van der Waals surface area contributed by atoms with Crippen LogP contribution in [0.15, 0.2) is 0 Å². The molecule has 0 radical (unpaired) electrons. The number of rotatable bonds is 8. The number of hydrogen-bond acceptors (Lipinski definition) is 3. The van der Waals surface area contributed by atoms with Crippen molar-refractivity contribution in [3.63, 3.8) is 0 Å². The normalized spacial score (nSPS) is 35.1. The minimum Gasteiger partial charge on any atom is -0.353 e. The van der Waals surface area contributed by atoms with Crippen LogP contribution in [0.3, 0.4) is 0 Å². The van der Waals surface area contributed by atoms with E-state index in [4.69, 9.17) is 9.47 Å². The van der Waals surface area contributed by atoms with Crippen LogP contribution in [0.2, 0.25) is 0 Å². The zero-order valence-electron chi connectivity index (χ0n) is 14.0. The van der Waals surface area contributed by atoms with Gasteiger partial charge in [-0.3, -0.25) is 0 Å². The van der Waals surface area contributed by atoms with Gasteiger partial charge in [-0.2, -0.15) is 0 Å². The first kappa shape index (κ1) is 16.3. The maximum absolute atomic E-state index is 5.62. The van der Waals surface area contributed by atoms with E-state index in [2.05, 4.69) is 26.1 Å². The summed E-state index contributed by atoms with van der Waals surface area (Å²) in [5.74, 6) is 0.902. The molecule has 0 amide bonds. The summed E-state index contributed by atoms with van der Waals surface area (Å²) in [6.45, 7) is 13.9. The molecule has 0 spiro atoms. The molecule has 2 bridgehead atoms. The summed E-state index contributed by atoms with van der Waals surface area (Å²) in [5.41, 5.74) is 0.931. The second kappa shape index (κ2) is 6.33. The van der Waals surface area contributed by atoms with Crippen LogP contribution in [-0.4, -0.2) is 32.1 Å². The maximum Gasteiger partial charge on any atom is 0.158 e. The highest BCUT2D eigenvalue weighted by Crippen LogP contribution is 2.62. The van der Waals surface area contributed by atoms with E-state index >= 15 is 0 Å². The highest BCUT2D eigenvalue weighted by Gasteiger charge is 2.58. The molecule has 3 heteroatoms. The van der Waals surface area contributed by atoms with E-state index in [9.17, 15) is 0 Å². The van der Waals surface area contributed by atoms with Crippen molar-refractivity contribution in [1.29, 1.82) is 0 Å². The minimum atomic E-state index is -0.0491. The molecular formula is C17H33NO2. The molecule has 0 saturated heterocycles. The molecule has 0 aromatic carbocycles. The molecular weight excluding hydrogens is 250 g/mol. The van der Waals surface area contributed by atoms with Crippen LogP contribution in [0.25, 0.3) is 0 Å². The average Bonchev–Trinajstić information content (AvgIpc) is 2.85. The Labute approximate surface area is 124 Å². The summed E-state index contributed by atoms with van der Waals surface area (Å²) >= 11 is 0. The second-order valence-corrected chi connectivity index (χ2v) is 7.43. The lowest BCUT2D eigenvalue weighted by Crippen LogP contribution is -2.50. The van der Waals surface area contributed by atoms with Crippen LogP contribution in [0.1, 0.15) is 60.3 Å². The first-order valence-electron chi connectivity index (χ1n) is 8.40. The van der Waals surface area contributed by atoms with Crippen LogP contribution in [-0.2, 0) is 9.47 Å². The van der Waals surface area contributed by atoms with Gasteiger partial charge in [0.05, 0.1) is 0 Å². The van der Waals surface area contributed by atoms with Gasteiger partial charge in [0, 0.05) is 32.2 Å². The number of fused-ring (bicyclic) bond motifs is 2. The molecule has 2 aliphatic rings. The predicted molar refractivity (Wildman–Crippen MR) is 82.7 cm³/mol. The Morgan fingerprint density at radius 3 is 2.30 bits per heavy atom. The minimum absolute atomic E-state index is 0.0491. The monoisotopic (exact) mass is 283 g/mol. The molecule has 2 rings (SSSR count). The van der Waals surface area contributed by atoms with E-state index in [0.29, 0.717) is 16.9 Å². The molecule has 2 fully saturated rings. The van der Waals surface area contributed by atoms with Gasteiger partial charge in [-0.15, -0.1) is 0 Å². The molecule has 118 valence electrons. The summed E-state index contributed by atoms with van der Waals surface area (Å²) in [5, 5.41) is 3.83. The van der Waals surface area contributed by atoms with Gasteiger partial charge in [-0.1, -0.05) is 20.8 Å². The van der Waals surface area contributed by atoms with E-state index in [1.165, 1.54) is 19.3 Å². The Balaban J connectivity index is 1.84. The maximum atomic E-state index is 5.62. The zero-order valence-corrected chi connectivity index (χ0v) is 14.0. The Kier molecular flexibility index (Phi) is 5.14. The van der Waals surface area contributed by atoms with E-state index in [-0.39, 0.29) is 6.29 Å². The van der Waals surface area contributed by atoms with Crippen LogP contribution in [0, 0.1) is 16.7 Å². The van der Waals surface area contributed by atoms with Crippen molar-refractivity contribution in [3.8, 4) is 0 Å². The third kappa shape index (κ3) is 3.05. The van der Waals surface area contributed by atoms with Crippen LogP contribution < -0.4 is 5.32 Å². The molecule has 0 aromatic heterocycles. The Bertz CT molecular complexity index is 307. The van der Waals surface area contributed by atoms with Gasteiger partial charge in [-0.25, -0.2) is 0 Å². The van der Waals surface area contributed by atoms with Gasteiger partial charge < -0.3 is 14.8 Å². The Hall–Kier alpha value is -0.120. The van der Waals surface area contributed by atoms with E-state index < -0.39 is 0 Å². The van der Waals surface area contributed by atoms with Crippen molar-refractivity contribution >= 4 is 0 Å². The van der Waals surface area contributed by atoms with Crippen LogP contribution in [0.5, 0.6) is 0 Å². The largest absolute Gasteiger partial charge is 0.353 e. The second-order valence-electron chi connectivity index (χ2n) is 7.43. The van der Waals surface area contributed by atoms with Crippen LogP contribution in [0.4, 0.5) is 0 Å². The Morgan fingerprint density at radius 2 is 1.80 bits per heavy atom. The molecule has 2 saturated carbocycles. The third-order valence-electron chi connectivity index (χ3n) is 5.70. The van der Waals surface area contributed by atoms with E-state index in [1.807, 2.05) is 13.8 Å². The fourth-order valence-electron chi connectivity index (χ4n) is 4.74. The zero-order chi connectivity index (χ0) is 14.8. The predicted octanol–water partition coefficient (Wildman–Crippen LogP) is 3.58. The molecule has 0 aliphatic heterocycles. The van der Waals surface area contributed by atoms with Gasteiger partial charge in [-0.05, 0) is 49.9 Å². The molecule has 0 heterocycles. The van der Waals surface area contributed by atoms with Crippen molar-refractivity contribution in [3.05, 3.63) is 0 Å². The average molecular weight is 283 g/mol. The highest BCUT2D eigenvalue weighted by atomic mass is 16.7. The first-order chi connectivity index (χ1) is 9.44. The van der Waals surface area contributed by atoms with Crippen molar-refractivity contribution in [1.82, 2.24) is 5.32 Å². The van der Waals surface area contributed by atoms with Crippen molar-refractivity contribution in [2.75, 3.05) is 19.8 Å². The van der Waals surface area contributed by atoms with Gasteiger partial charge >= 0.3 is 0 Å². The summed E-state index contributed by atoms with van der Waals surface area (Å²) in [6.07, 6.45) is 5.10. The highest BCUT2D eigenvalue weighted by molar-refractivity contribution is 5.11. The van der Waals surface area contributed by atoms with Gasteiger partial charge in [0.25, 0.3) is 0 Å². The molecule has 0 aromatic rings. The Morgan fingerprint density at radius 1 is 1.15 bits per heavy atom. The van der Waals surface area contributed by atoms with Gasteiger partial charge in [0.1, 0.15) is 0 Å². The topological polar surface area (TPSA) is 30.5 Å². The molecule has 3 atom stereocenters. The lowest BCUT2D eigenvalue weighted by molar-refractivity contribution is -0.139. The fourth-order valence-corrected chi connectivity index (χ4v) is 4.74. The van der Waals surface area contributed by atoms with Crippen LogP contribution >= 0.6 is 0 Å². The fraction of sp³-hybridized carbons (Fsp3) is 1.00. The standard InChI is InChI=1S/C17H33NO2/c1-6-19-14(20-7-2)9-11-18-15-16(3,4)13-8-10-17(15,5)12-13/h13-15,18H,6-12H2,1-5H3. The molecule has 20 heavy (non-hydrogen) atoms. The smallest absolute Gasteiger partial charge is 0.158 e. The van der Waals surface area contributed by atoms with E-state index in [0.717, 1.165) is 32.1 Å². The van der Waals surface area contributed by atoms with Gasteiger partial charge in [0.2, 0.25) is 0 Å². The molecule has 1 N–H and O–H groups in total. The quantitative estimate of drug-likeness (QED) is 0.691. The summed E-state index contributed by atoms with van der Waals surface area (Å²) in [4.78, 5) is 0. The SMILES string of the molecule is CCOC(CCNC1C2(C)CCC(C2)C1(C)C)OCC. The number of hydrogen-bond donors (Lipinski definition) is 1. The first-order valence-corrected chi connectivity index (χ1v) is 8.40. The molecule has 3 unspecified atom stereocenters. The summed E-state index contributed by atoms with van der Waals surface area (Å²) in [6, 6.07) is 0.637. The number of nitrogens with one attached hydrogen (secondary N) is 1. The van der Waals surface area contributed by atoms with Crippen molar-refractivity contribution < 1.29 is 9.47 Å². The summed E-state index contributed by atoms with van der Waals surface area (Å²) in [7, 11) is 0.